The molecule has 8 nitrogen and oxygen atoms in total. The van der Waals surface area contributed by atoms with Crippen LogP contribution in [-0.2, 0) is 14.3 Å². The van der Waals surface area contributed by atoms with Crippen LogP contribution in [0.25, 0.3) is 0 Å². The van der Waals surface area contributed by atoms with E-state index in [1.165, 1.54) is 19.3 Å². The molecule has 1 unspecified atom stereocenters. The average molecular weight is 456 g/mol. The Morgan fingerprint density at radius 1 is 1.00 bits per heavy atom. The number of nitrogens with zero attached hydrogens (tertiary/aromatic N) is 1. The maximum atomic E-state index is 13.7. The number of aliphatic hydroxyl groups is 1. The van der Waals surface area contributed by atoms with Gasteiger partial charge in [0, 0.05) is 18.5 Å². The lowest BCUT2D eigenvalue weighted by Gasteiger charge is -2.56. The van der Waals surface area contributed by atoms with Crippen LogP contribution in [0.2, 0.25) is 0 Å². The number of carbonyl (C=O) groups excluding carboxylic acids is 3. The Balaban J connectivity index is 1.13. The Kier molecular flexibility index (Phi) is 4.90. The molecule has 4 saturated carbocycles. The van der Waals surface area contributed by atoms with Crippen LogP contribution in [0.4, 0.5) is 0 Å². The first-order valence-corrected chi connectivity index (χ1v) is 12.0. The van der Waals surface area contributed by atoms with Crippen molar-refractivity contribution < 1.29 is 33.7 Å². The summed E-state index contributed by atoms with van der Waals surface area (Å²) < 4.78 is 15.9. The second-order valence-corrected chi connectivity index (χ2v) is 10.7. The molecule has 4 aliphatic carbocycles. The molecule has 2 aliphatic heterocycles. The highest BCUT2D eigenvalue weighted by atomic mass is 16.7. The van der Waals surface area contributed by atoms with E-state index in [1.54, 1.807) is 23.1 Å². The molecule has 2 heterocycles. The molecule has 0 spiro atoms. The van der Waals surface area contributed by atoms with Crippen LogP contribution in [0.3, 0.4) is 0 Å². The first kappa shape index (κ1) is 21.0. The van der Waals surface area contributed by atoms with E-state index in [0.29, 0.717) is 34.8 Å². The zero-order valence-corrected chi connectivity index (χ0v) is 18.5. The molecule has 7 rings (SSSR count). The number of esters is 1. The fraction of sp³-hybridized carbons (Fsp3) is 0.640. The number of hydrogen-bond acceptors (Lipinski definition) is 7. The van der Waals surface area contributed by atoms with Crippen LogP contribution in [0.5, 0.6) is 11.5 Å². The lowest BCUT2D eigenvalue weighted by atomic mass is 9.49. The number of hydrogen-bond donors (Lipinski definition) is 1. The molecular formula is C25H29NO7. The van der Waals surface area contributed by atoms with Crippen LogP contribution in [0, 0.1) is 23.2 Å². The highest BCUT2D eigenvalue weighted by Gasteiger charge is 2.57. The van der Waals surface area contributed by atoms with Gasteiger partial charge in [0.25, 0.3) is 0 Å². The van der Waals surface area contributed by atoms with Gasteiger partial charge < -0.3 is 24.2 Å². The van der Waals surface area contributed by atoms with Crippen molar-refractivity contribution in [3.8, 4) is 11.5 Å². The number of benzene rings is 1. The van der Waals surface area contributed by atoms with Gasteiger partial charge in [0.1, 0.15) is 6.04 Å². The van der Waals surface area contributed by atoms with Crippen molar-refractivity contribution in [3.63, 3.8) is 0 Å². The normalized spacial score (nSPS) is 35.7. The van der Waals surface area contributed by atoms with Gasteiger partial charge in [-0.25, -0.2) is 4.79 Å². The van der Waals surface area contributed by atoms with E-state index >= 15 is 0 Å². The van der Waals surface area contributed by atoms with Gasteiger partial charge in [-0.05, 0) is 74.5 Å². The number of β-amino-alcohol motifs (C(OH)–C–C–N with tert-alkyl or cyclic N) is 1. The number of ketones is 1. The number of aliphatic hydroxyl groups excluding tert-OH is 1. The lowest BCUT2D eigenvalue weighted by molar-refractivity contribution is -0.165. The van der Waals surface area contributed by atoms with Gasteiger partial charge in [0.15, 0.2) is 23.9 Å². The number of amides is 1. The SMILES string of the molecule is O=C(COC(=O)[C@@H]1CC(O)CN1C(=O)C12CC3CC(CC(C3)C1)C2)c1ccc2c(c1)OCO2. The van der Waals surface area contributed by atoms with Crippen LogP contribution in [0.1, 0.15) is 55.3 Å². The van der Waals surface area contributed by atoms with Crippen molar-refractivity contribution in [2.45, 2.75) is 57.1 Å². The van der Waals surface area contributed by atoms with Crippen molar-refractivity contribution in [1.82, 2.24) is 4.90 Å². The molecule has 6 aliphatic rings. The molecular weight excluding hydrogens is 426 g/mol. The summed E-state index contributed by atoms with van der Waals surface area (Å²) in [5, 5.41) is 10.3. The summed E-state index contributed by atoms with van der Waals surface area (Å²) in [4.78, 5) is 40.8. The third-order valence-corrected chi connectivity index (χ3v) is 8.34. The molecule has 4 bridgehead atoms. The smallest absolute Gasteiger partial charge is 0.329 e. The van der Waals surface area contributed by atoms with E-state index in [9.17, 15) is 19.5 Å². The maximum Gasteiger partial charge on any atom is 0.329 e. The van der Waals surface area contributed by atoms with Gasteiger partial charge in [0.2, 0.25) is 12.7 Å². The van der Waals surface area contributed by atoms with E-state index in [4.69, 9.17) is 14.2 Å². The summed E-state index contributed by atoms with van der Waals surface area (Å²) in [6.07, 6.45) is 5.76. The molecule has 1 N–H and O–H groups in total. The van der Waals surface area contributed by atoms with E-state index in [-0.39, 0.29) is 36.9 Å². The Morgan fingerprint density at radius 3 is 2.36 bits per heavy atom. The van der Waals surface area contributed by atoms with Crippen LogP contribution in [0.15, 0.2) is 18.2 Å². The largest absolute Gasteiger partial charge is 0.456 e. The quantitative estimate of drug-likeness (QED) is 0.537. The average Bonchev–Trinajstić information content (AvgIpc) is 3.41. The number of Topliss-reactive ketones (excluding diaryl/α,β-unsaturated/α-hetero) is 1. The van der Waals surface area contributed by atoms with Gasteiger partial charge in [-0.15, -0.1) is 0 Å². The summed E-state index contributed by atoms with van der Waals surface area (Å²) >= 11 is 0. The minimum atomic E-state index is -0.843. The first-order chi connectivity index (χ1) is 15.9. The molecule has 5 fully saturated rings. The fourth-order valence-corrected chi connectivity index (χ4v) is 7.33. The van der Waals surface area contributed by atoms with E-state index in [2.05, 4.69) is 0 Å². The van der Waals surface area contributed by atoms with Gasteiger partial charge >= 0.3 is 5.97 Å². The topological polar surface area (TPSA) is 102 Å². The van der Waals surface area contributed by atoms with Gasteiger partial charge in [-0.3, -0.25) is 9.59 Å². The van der Waals surface area contributed by atoms with Crippen molar-refractivity contribution in [2.75, 3.05) is 19.9 Å². The number of rotatable bonds is 5. The minimum absolute atomic E-state index is 0.00203. The monoisotopic (exact) mass is 455 g/mol. The zero-order chi connectivity index (χ0) is 22.7. The van der Waals surface area contributed by atoms with Gasteiger partial charge in [-0.2, -0.15) is 0 Å². The highest BCUT2D eigenvalue weighted by molar-refractivity contribution is 5.99. The molecule has 1 aromatic carbocycles. The predicted molar refractivity (Wildman–Crippen MR) is 115 cm³/mol. The molecule has 33 heavy (non-hydrogen) atoms. The summed E-state index contributed by atoms with van der Waals surface area (Å²) in [5.41, 5.74) is -0.0281. The Bertz CT molecular complexity index is 969. The van der Waals surface area contributed by atoms with E-state index < -0.39 is 24.7 Å². The molecule has 2 atom stereocenters. The van der Waals surface area contributed by atoms with Crippen molar-refractivity contribution in [1.29, 1.82) is 0 Å². The molecule has 1 saturated heterocycles. The van der Waals surface area contributed by atoms with Crippen molar-refractivity contribution in [2.24, 2.45) is 23.2 Å². The number of ether oxygens (including phenoxy) is 3. The molecule has 1 amide bonds. The predicted octanol–water partition coefficient (Wildman–Crippen LogP) is 2.32. The Labute approximate surface area is 192 Å². The zero-order valence-electron chi connectivity index (χ0n) is 18.5. The molecule has 1 aromatic rings. The van der Waals surface area contributed by atoms with Crippen LogP contribution >= 0.6 is 0 Å². The summed E-state index contributed by atoms with van der Waals surface area (Å²) in [6.45, 7) is -0.166. The lowest BCUT2D eigenvalue weighted by Crippen LogP contribution is -2.56. The van der Waals surface area contributed by atoms with Crippen molar-refractivity contribution in [3.05, 3.63) is 23.8 Å². The van der Waals surface area contributed by atoms with Crippen LogP contribution in [-0.4, -0.2) is 59.8 Å². The van der Waals surface area contributed by atoms with Crippen LogP contribution < -0.4 is 9.47 Å². The Hall–Kier alpha value is -2.61. The van der Waals surface area contributed by atoms with Gasteiger partial charge in [0.05, 0.1) is 11.5 Å². The number of likely N-dealkylation sites (tertiary alicyclic amines) is 1. The van der Waals surface area contributed by atoms with E-state index in [0.717, 1.165) is 19.3 Å². The summed E-state index contributed by atoms with van der Waals surface area (Å²) in [6, 6.07) is 3.98. The highest BCUT2D eigenvalue weighted by Crippen LogP contribution is 2.60. The number of carbonyl (C=O) groups is 3. The molecule has 8 heteroatoms. The third kappa shape index (κ3) is 3.59. The van der Waals surface area contributed by atoms with Gasteiger partial charge in [-0.1, -0.05) is 0 Å². The molecule has 0 aromatic heterocycles. The summed E-state index contributed by atoms with van der Waals surface area (Å²) in [5.74, 6) is 1.90. The molecule has 176 valence electrons. The number of fused-ring (bicyclic) bond motifs is 1. The Morgan fingerprint density at radius 2 is 1.67 bits per heavy atom. The standard InChI is InChI=1S/C25H29NO7/c27-18-7-19(23(29)31-12-20(28)17-1-2-21-22(6-17)33-13-32-21)26(11-18)24(30)25-8-14-3-15(9-25)5-16(4-14)10-25/h1-2,6,14-16,18-19,27H,3-5,7-13H2/t14?,15?,16?,18?,19-,25?/m0/s1. The van der Waals surface area contributed by atoms with Crippen molar-refractivity contribution >= 4 is 17.7 Å². The second kappa shape index (κ2) is 7.72. The maximum absolute atomic E-state index is 13.7. The fourth-order valence-electron chi connectivity index (χ4n) is 7.33. The molecule has 0 radical (unpaired) electrons. The third-order valence-electron chi connectivity index (χ3n) is 8.34. The second-order valence-electron chi connectivity index (χ2n) is 10.7. The van der Waals surface area contributed by atoms with E-state index in [1.807, 2.05) is 0 Å². The minimum Gasteiger partial charge on any atom is -0.456 e. The summed E-state index contributed by atoms with van der Waals surface area (Å²) in [7, 11) is 0. The first-order valence-electron chi connectivity index (χ1n) is 12.0.